The summed E-state index contributed by atoms with van der Waals surface area (Å²) in [6, 6.07) is 5.96. The van der Waals surface area contributed by atoms with Crippen LogP contribution < -0.4 is 10.6 Å². The van der Waals surface area contributed by atoms with Gasteiger partial charge in [0.25, 0.3) is 0 Å². The zero-order valence-electron chi connectivity index (χ0n) is 18.5. The summed E-state index contributed by atoms with van der Waals surface area (Å²) >= 11 is 1.57. The van der Waals surface area contributed by atoms with Gasteiger partial charge in [-0.2, -0.15) is 5.26 Å². The highest BCUT2D eigenvalue weighted by molar-refractivity contribution is 7.16. The Bertz CT molecular complexity index is 984. The minimum atomic E-state index is -0.0496. The molecule has 0 radical (unpaired) electrons. The van der Waals surface area contributed by atoms with Gasteiger partial charge in [0.1, 0.15) is 16.8 Å². The van der Waals surface area contributed by atoms with Crippen LogP contribution in [0.3, 0.4) is 0 Å². The first kappa shape index (κ1) is 22.6. The Kier molecular flexibility index (Phi) is 7.28. The Morgan fingerprint density at radius 3 is 2.84 bits per heavy atom. The van der Waals surface area contributed by atoms with Crippen LogP contribution in [0.2, 0.25) is 0 Å². The Morgan fingerprint density at radius 1 is 1.31 bits per heavy atom. The van der Waals surface area contributed by atoms with E-state index in [1.807, 2.05) is 12.1 Å². The number of nitrogens with zero attached hydrogens (tertiary/aromatic N) is 2. The molecule has 7 nitrogen and oxygen atoms in total. The summed E-state index contributed by atoms with van der Waals surface area (Å²) in [4.78, 5) is 28.4. The van der Waals surface area contributed by atoms with E-state index in [1.165, 1.54) is 4.88 Å². The molecule has 1 unspecified atom stereocenters. The number of carbonyl (C=O) groups is 2. The monoisotopic (exact) mass is 454 g/mol. The van der Waals surface area contributed by atoms with Crippen molar-refractivity contribution in [1.29, 1.82) is 5.26 Å². The van der Waals surface area contributed by atoms with E-state index in [4.69, 9.17) is 4.42 Å². The lowest BCUT2D eigenvalue weighted by atomic mass is 9.89. The quantitative estimate of drug-likeness (QED) is 0.665. The van der Waals surface area contributed by atoms with Gasteiger partial charge in [0.15, 0.2) is 0 Å². The molecular weight excluding hydrogens is 424 g/mol. The number of fused-ring (bicyclic) bond motifs is 1. The third-order valence-corrected chi connectivity index (χ3v) is 7.68. The minimum absolute atomic E-state index is 0.00746. The molecule has 1 saturated heterocycles. The largest absolute Gasteiger partial charge is 0.467 e. The van der Waals surface area contributed by atoms with Crippen LogP contribution in [0, 0.1) is 23.2 Å². The highest BCUT2D eigenvalue weighted by Gasteiger charge is 2.26. The lowest BCUT2D eigenvalue weighted by Gasteiger charge is -2.31. The maximum absolute atomic E-state index is 12.6. The third-order valence-electron chi connectivity index (χ3n) is 6.51. The summed E-state index contributed by atoms with van der Waals surface area (Å²) in [5.74, 6) is 1.41. The molecular formula is C24H30N4O3S. The number of nitriles is 1. The molecule has 32 heavy (non-hydrogen) atoms. The predicted molar refractivity (Wildman–Crippen MR) is 123 cm³/mol. The van der Waals surface area contributed by atoms with Crippen LogP contribution in [0.1, 0.15) is 54.4 Å². The minimum Gasteiger partial charge on any atom is -0.467 e. The molecule has 2 amide bonds. The molecule has 2 N–H and O–H groups in total. The molecule has 3 heterocycles. The molecule has 0 spiro atoms. The van der Waals surface area contributed by atoms with E-state index < -0.39 is 0 Å². The highest BCUT2D eigenvalue weighted by Crippen LogP contribution is 2.39. The van der Waals surface area contributed by atoms with Crippen molar-refractivity contribution in [2.45, 2.75) is 52.0 Å². The van der Waals surface area contributed by atoms with E-state index >= 15 is 0 Å². The number of rotatable bonds is 7. The molecule has 0 bridgehead atoms. The summed E-state index contributed by atoms with van der Waals surface area (Å²) in [5.41, 5.74) is 1.80. The zero-order valence-corrected chi connectivity index (χ0v) is 19.3. The first-order valence-electron chi connectivity index (χ1n) is 11.4. The average molecular weight is 455 g/mol. The van der Waals surface area contributed by atoms with Crippen LogP contribution >= 0.6 is 11.3 Å². The fraction of sp³-hybridized carbons (Fsp3) is 0.542. The fourth-order valence-electron chi connectivity index (χ4n) is 4.56. The van der Waals surface area contributed by atoms with Crippen molar-refractivity contribution in [2.75, 3.05) is 25.0 Å². The number of likely N-dealkylation sites (tertiary alicyclic amines) is 1. The fourth-order valence-corrected chi connectivity index (χ4v) is 5.93. The van der Waals surface area contributed by atoms with Gasteiger partial charge >= 0.3 is 0 Å². The van der Waals surface area contributed by atoms with Gasteiger partial charge in [0, 0.05) is 23.8 Å². The second-order valence-corrected chi connectivity index (χ2v) is 9.98. The number of carbonyl (C=O) groups excluding carboxylic acids is 2. The van der Waals surface area contributed by atoms with Gasteiger partial charge in [-0.25, -0.2) is 0 Å². The van der Waals surface area contributed by atoms with Crippen molar-refractivity contribution in [3.8, 4) is 6.07 Å². The molecule has 0 saturated carbocycles. The van der Waals surface area contributed by atoms with Gasteiger partial charge in [0.05, 0.1) is 18.4 Å². The van der Waals surface area contributed by atoms with E-state index in [9.17, 15) is 14.9 Å². The first-order chi connectivity index (χ1) is 15.5. The number of thiophene rings is 1. The van der Waals surface area contributed by atoms with Gasteiger partial charge in [-0.1, -0.05) is 6.92 Å². The number of nitrogens with one attached hydrogen (secondary N) is 2. The SMILES string of the molecule is CC1CCc2c(sc(NC(=O)CCN3CCC(C(=O)NCc4ccco4)CC3)c2C#N)C1. The number of amides is 2. The zero-order chi connectivity index (χ0) is 22.5. The molecule has 170 valence electrons. The Balaban J connectivity index is 1.20. The average Bonchev–Trinajstić information content (AvgIpc) is 3.43. The molecule has 1 aliphatic carbocycles. The van der Waals surface area contributed by atoms with Gasteiger partial charge in [-0.3, -0.25) is 9.59 Å². The summed E-state index contributed by atoms with van der Waals surface area (Å²) in [5, 5.41) is 16.2. The molecule has 4 rings (SSSR count). The van der Waals surface area contributed by atoms with Crippen molar-refractivity contribution >= 4 is 28.2 Å². The van der Waals surface area contributed by atoms with Gasteiger partial charge in [-0.05, 0) is 68.8 Å². The summed E-state index contributed by atoms with van der Waals surface area (Å²) < 4.78 is 5.25. The van der Waals surface area contributed by atoms with Gasteiger partial charge < -0.3 is 20.0 Å². The molecule has 2 aromatic rings. The Hall–Kier alpha value is -2.63. The van der Waals surface area contributed by atoms with E-state index in [0.29, 0.717) is 36.0 Å². The highest BCUT2D eigenvalue weighted by atomic mass is 32.1. The number of hydrogen-bond donors (Lipinski definition) is 2. The molecule has 1 fully saturated rings. The van der Waals surface area contributed by atoms with E-state index in [-0.39, 0.29) is 17.7 Å². The third kappa shape index (κ3) is 5.40. The van der Waals surface area contributed by atoms with Crippen molar-refractivity contribution in [2.24, 2.45) is 11.8 Å². The molecule has 1 atom stereocenters. The van der Waals surface area contributed by atoms with E-state index in [2.05, 4.69) is 28.5 Å². The van der Waals surface area contributed by atoms with Crippen LogP contribution in [0.15, 0.2) is 22.8 Å². The lowest BCUT2D eigenvalue weighted by molar-refractivity contribution is -0.127. The van der Waals surface area contributed by atoms with Gasteiger partial charge in [0.2, 0.25) is 11.8 Å². The number of hydrogen-bond acceptors (Lipinski definition) is 6. The van der Waals surface area contributed by atoms with Crippen LogP contribution in [-0.2, 0) is 29.0 Å². The summed E-state index contributed by atoms with van der Waals surface area (Å²) in [6.45, 7) is 4.93. The normalized spacial score (nSPS) is 19.2. The molecule has 2 aliphatic rings. The topological polar surface area (TPSA) is 98.4 Å². The molecule has 8 heteroatoms. The van der Waals surface area contributed by atoms with E-state index in [1.54, 1.807) is 17.6 Å². The predicted octanol–water partition coefficient (Wildman–Crippen LogP) is 3.69. The van der Waals surface area contributed by atoms with Crippen LogP contribution in [-0.4, -0.2) is 36.3 Å². The summed E-state index contributed by atoms with van der Waals surface area (Å²) in [7, 11) is 0. The van der Waals surface area contributed by atoms with Crippen molar-refractivity contribution in [1.82, 2.24) is 10.2 Å². The van der Waals surface area contributed by atoms with Crippen LogP contribution in [0.4, 0.5) is 5.00 Å². The second-order valence-electron chi connectivity index (χ2n) is 8.88. The van der Waals surface area contributed by atoms with Crippen LogP contribution in [0.25, 0.3) is 0 Å². The molecule has 2 aromatic heterocycles. The maximum Gasteiger partial charge on any atom is 0.226 e. The number of furan rings is 1. The first-order valence-corrected chi connectivity index (χ1v) is 12.2. The maximum atomic E-state index is 12.6. The molecule has 0 aromatic carbocycles. The smallest absolute Gasteiger partial charge is 0.226 e. The number of anilines is 1. The Labute approximate surface area is 192 Å². The van der Waals surface area contributed by atoms with Gasteiger partial charge in [-0.15, -0.1) is 11.3 Å². The lowest BCUT2D eigenvalue weighted by Crippen LogP contribution is -2.41. The second kappa shape index (κ2) is 10.3. The number of piperidine rings is 1. The Morgan fingerprint density at radius 2 is 2.12 bits per heavy atom. The van der Waals surface area contributed by atoms with Crippen molar-refractivity contribution in [3.05, 3.63) is 40.2 Å². The molecule has 1 aliphatic heterocycles. The van der Waals surface area contributed by atoms with Crippen LogP contribution in [0.5, 0.6) is 0 Å². The van der Waals surface area contributed by atoms with Crippen molar-refractivity contribution < 1.29 is 14.0 Å². The standard InChI is InChI=1S/C24H30N4O3S/c1-16-4-5-19-20(14-25)24(32-21(19)13-16)27-22(29)8-11-28-9-6-17(7-10-28)23(30)26-15-18-3-2-12-31-18/h2-3,12,16-17H,4-11,13,15H2,1H3,(H,26,30)(H,27,29). The van der Waals surface area contributed by atoms with E-state index in [0.717, 1.165) is 56.5 Å². The van der Waals surface area contributed by atoms with Crippen molar-refractivity contribution in [3.63, 3.8) is 0 Å². The summed E-state index contributed by atoms with van der Waals surface area (Å²) in [6.07, 6.45) is 6.59.